The van der Waals surface area contributed by atoms with Crippen molar-refractivity contribution in [3.05, 3.63) is 27.2 Å². The maximum atomic E-state index is 13.4. The minimum atomic E-state index is -1.05. The molecule has 3 nitrogen and oxygen atoms in total. The number of anilines is 1. The fourth-order valence-electron chi connectivity index (χ4n) is 1.01. The van der Waals surface area contributed by atoms with E-state index in [1.165, 1.54) is 0 Å². The number of hydrogen-bond acceptors (Lipinski definition) is 3. The van der Waals surface area contributed by atoms with Crippen molar-refractivity contribution >= 4 is 33.2 Å². The second kappa shape index (κ2) is 5.77. The van der Waals surface area contributed by atoms with E-state index in [4.69, 9.17) is 21.8 Å². The van der Waals surface area contributed by atoms with Gasteiger partial charge in [-0.3, -0.25) is 0 Å². The van der Waals surface area contributed by atoms with Crippen LogP contribution in [0.2, 0.25) is 5.02 Å². The third-order valence-electron chi connectivity index (χ3n) is 1.84. The van der Waals surface area contributed by atoms with E-state index in [1.807, 2.05) is 0 Å². The van der Waals surface area contributed by atoms with E-state index in [0.29, 0.717) is 0 Å². The fourth-order valence-corrected chi connectivity index (χ4v) is 1.86. The van der Waals surface area contributed by atoms with Crippen molar-refractivity contribution in [1.29, 1.82) is 0 Å². The van der Waals surface area contributed by atoms with Gasteiger partial charge in [0.15, 0.2) is 5.82 Å². The lowest BCUT2D eigenvalue weighted by atomic mass is 10.2. The summed E-state index contributed by atoms with van der Waals surface area (Å²) in [6, 6.07) is 0.829. The Morgan fingerprint density at radius 3 is 2.69 bits per heavy atom. The topological polar surface area (TPSA) is 52.5 Å². The van der Waals surface area contributed by atoms with E-state index >= 15 is 0 Å². The summed E-state index contributed by atoms with van der Waals surface area (Å²) in [5.74, 6) is -1.53. The number of benzene rings is 1. The lowest BCUT2D eigenvalue weighted by Gasteiger charge is -2.13. The van der Waals surface area contributed by atoms with Crippen molar-refractivity contribution in [3.63, 3.8) is 0 Å². The van der Waals surface area contributed by atoms with Gasteiger partial charge < -0.3 is 15.5 Å². The van der Waals surface area contributed by atoms with Crippen LogP contribution in [-0.4, -0.2) is 29.5 Å². The van der Waals surface area contributed by atoms with Crippen LogP contribution < -0.4 is 5.32 Å². The first kappa shape index (κ1) is 13.6. The minimum absolute atomic E-state index is 0.104. The van der Waals surface area contributed by atoms with Crippen LogP contribution in [0.5, 0.6) is 0 Å². The number of aliphatic hydroxyl groups excluding tert-OH is 2. The number of aliphatic hydroxyl groups is 2. The third-order valence-corrected chi connectivity index (χ3v) is 2.86. The van der Waals surface area contributed by atoms with E-state index in [1.54, 1.807) is 0 Å². The van der Waals surface area contributed by atoms with Crippen molar-refractivity contribution in [1.82, 2.24) is 0 Å². The highest BCUT2D eigenvalue weighted by Gasteiger charge is 2.16. The summed E-state index contributed by atoms with van der Waals surface area (Å²) in [5.41, 5.74) is -0.144. The standard InChI is InChI=1S/C9H9BrClF2NO2/c10-7-8(13)5(11)1-6(12)9(7)14-2-4(16)3-15/h1,4,14-16H,2-3H2. The Kier molecular flexibility index (Phi) is 4.91. The molecule has 1 aromatic carbocycles. The first-order valence-electron chi connectivity index (χ1n) is 4.33. The van der Waals surface area contributed by atoms with Gasteiger partial charge in [0.25, 0.3) is 0 Å². The van der Waals surface area contributed by atoms with Crippen molar-refractivity contribution in [3.8, 4) is 0 Å². The van der Waals surface area contributed by atoms with Crippen LogP contribution >= 0.6 is 27.5 Å². The Morgan fingerprint density at radius 1 is 1.50 bits per heavy atom. The highest BCUT2D eigenvalue weighted by Crippen LogP contribution is 2.33. The second-order valence-corrected chi connectivity index (χ2v) is 4.26. The van der Waals surface area contributed by atoms with Crippen molar-refractivity contribution in [2.45, 2.75) is 6.10 Å². The van der Waals surface area contributed by atoms with Crippen LogP contribution in [-0.2, 0) is 0 Å². The zero-order chi connectivity index (χ0) is 12.3. The Hall–Kier alpha value is -0.430. The number of rotatable bonds is 4. The van der Waals surface area contributed by atoms with E-state index in [9.17, 15) is 8.78 Å². The number of hydrogen-bond donors (Lipinski definition) is 3. The zero-order valence-corrected chi connectivity index (χ0v) is 10.3. The molecule has 16 heavy (non-hydrogen) atoms. The lowest BCUT2D eigenvalue weighted by molar-refractivity contribution is 0.105. The van der Waals surface area contributed by atoms with Crippen LogP contribution in [0.3, 0.4) is 0 Å². The predicted molar refractivity (Wildman–Crippen MR) is 60.7 cm³/mol. The maximum absolute atomic E-state index is 13.4. The highest BCUT2D eigenvalue weighted by molar-refractivity contribution is 9.10. The van der Waals surface area contributed by atoms with Crippen molar-refractivity contribution in [2.24, 2.45) is 0 Å². The quantitative estimate of drug-likeness (QED) is 0.589. The Labute approximate surface area is 104 Å². The third kappa shape index (κ3) is 3.04. The van der Waals surface area contributed by atoms with Gasteiger partial charge in [-0.05, 0) is 22.0 Å². The molecule has 1 rings (SSSR count). The largest absolute Gasteiger partial charge is 0.394 e. The molecule has 0 radical (unpaired) electrons. The van der Waals surface area contributed by atoms with E-state index in [0.717, 1.165) is 6.07 Å². The molecule has 0 aliphatic carbocycles. The summed E-state index contributed by atoms with van der Waals surface area (Å²) in [5, 5.41) is 19.7. The second-order valence-electron chi connectivity index (χ2n) is 3.06. The van der Waals surface area contributed by atoms with Gasteiger partial charge in [0, 0.05) is 6.54 Å². The van der Waals surface area contributed by atoms with E-state index < -0.39 is 24.3 Å². The van der Waals surface area contributed by atoms with Crippen molar-refractivity contribution in [2.75, 3.05) is 18.5 Å². The van der Waals surface area contributed by atoms with Crippen LogP contribution in [0.1, 0.15) is 0 Å². The van der Waals surface area contributed by atoms with Gasteiger partial charge in [0.05, 0.1) is 27.9 Å². The molecule has 0 saturated carbocycles. The molecule has 7 heteroatoms. The number of halogens is 4. The van der Waals surface area contributed by atoms with Crippen molar-refractivity contribution < 1.29 is 19.0 Å². The molecular weight excluding hydrogens is 307 g/mol. The molecule has 3 N–H and O–H groups in total. The molecule has 90 valence electrons. The van der Waals surface area contributed by atoms with Gasteiger partial charge >= 0.3 is 0 Å². The molecule has 1 atom stereocenters. The zero-order valence-electron chi connectivity index (χ0n) is 7.98. The maximum Gasteiger partial charge on any atom is 0.158 e. The van der Waals surface area contributed by atoms with Crippen LogP contribution in [0.15, 0.2) is 10.5 Å². The molecule has 0 aliphatic heterocycles. The highest BCUT2D eigenvalue weighted by atomic mass is 79.9. The molecule has 0 saturated heterocycles. The number of nitrogens with one attached hydrogen (secondary N) is 1. The Balaban J connectivity index is 2.92. The van der Waals surface area contributed by atoms with Crippen LogP contribution in [0.4, 0.5) is 14.5 Å². The summed E-state index contributed by atoms with van der Waals surface area (Å²) in [6.45, 7) is -0.574. The van der Waals surface area contributed by atoms with Gasteiger partial charge in [-0.25, -0.2) is 8.78 Å². The molecule has 0 aromatic heterocycles. The van der Waals surface area contributed by atoms with Gasteiger partial charge in [-0.15, -0.1) is 0 Å². The average Bonchev–Trinajstić information content (AvgIpc) is 2.25. The van der Waals surface area contributed by atoms with E-state index in [-0.39, 0.29) is 21.7 Å². The molecule has 0 aliphatic rings. The summed E-state index contributed by atoms with van der Waals surface area (Å²) < 4.78 is 26.5. The average molecular weight is 317 g/mol. The summed E-state index contributed by atoms with van der Waals surface area (Å²) >= 11 is 8.27. The molecule has 1 unspecified atom stereocenters. The van der Waals surface area contributed by atoms with Gasteiger partial charge in [0.2, 0.25) is 0 Å². The Morgan fingerprint density at radius 2 is 2.12 bits per heavy atom. The van der Waals surface area contributed by atoms with Gasteiger partial charge in [0.1, 0.15) is 5.82 Å². The summed E-state index contributed by atoms with van der Waals surface area (Å²) in [6.07, 6.45) is -1.05. The molecule has 0 fully saturated rings. The SMILES string of the molecule is OCC(O)CNc1c(F)cc(Cl)c(F)c1Br. The smallest absolute Gasteiger partial charge is 0.158 e. The molecular formula is C9H9BrClF2NO2. The first-order chi connectivity index (χ1) is 7.47. The Bertz CT molecular complexity index is 392. The predicted octanol–water partition coefficient (Wildman–Crippen LogP) is 2.15. The monoisotopic (exact) mass is 315 g/mol. The van der Waals surface area contributed by atoms with Gasteiger partial charge in [-0.1, -0.05) is 11.6 Å². The molecule has 0 heterocycles. The summed E-state index contributed by atoms with van der Waals surface area (Å²) in [4.78, 5) is 0. The molecule has 1 aromatic rings. The van der Waals surface area contributed by atoms with Gasteiger partial charge in [-0.2, -0.15) is 0 Å². The molecule has 0 bridgehead atoms. The van der Waals surface area contributed by atoms with Crippen LogP contribution in [0, 0.1) is 11.6 Å². The fraction of sp³-hybridized carbons (Fsp3) is 0.333. The first-order valence-corrected chi connectivity index (χ1v) is 5.50. The molecule has 0 spiro atoms. The molecule has 0 amide bonds. The normalized spacial score (nSPS) is 12.6. The summed E-state index contributed by atoms with van der Waals surface area (Å²) in [7, 11) is 0. The minimum Gasteiger partial charge on any atom is -0.394 e. The van der Waals surface area contributed by atoms with E-state index in [2.05, 4.69) is 21.2 Å². The lowest BCUT2D eigenvalue weighted by Crippen LogP contribution is -2.23. The van der Waals surface area contributed by atoms with Crippen LogP contribution in [0.25, 0.3) is 0 Å².